The molecule has 1 N–H and O–H groups in total. The van der Waals surface area contributed by atoms with Gasteiger partial charge in [-0.25, -0.2) is 0 Å². The summed E-state index contributed by atoms with van der Waals surface area (Å²) < 4.78 is 2.51. The van der Waals surface area contributed by atoms with Crippen LogP contribution in [-0.4, -0.2) is 14.6 Å². The van der Waals surface area contributed by atoms with Crippen molar-refractivity contribution in [3.8, 4) is 0 Å². The van der Waals surface area contributed by atoms with E-state index in [1.54, 1.807) is 0 Å². The minimum Gasteiger partial charge on any atom is -0.268 e. The van der Waals surface area contributed by atoms with Crippen molar-refractivity contribution < 1.29 is 0 Å². The number of H-pyrrole nitrogens is 1. The molecule has 16 heavy (non-hydrogen) atoms. The number of halogens is 1. The van der Waals surface area contributed by atoms with Gasteiger partial charge in [0.25, 0.3) is 0 Å². The Morgan fingerprint density at radius 1 is 1.38 bits per heavy atom. The summed E-state index contributed by atoms with van der Waals surface area (Å²) in [6.45, 7) is 2.04. The number of hydrogen-bond donors (Lipinski definition) is 1. The zero-order valence-electron chi connectivity index (χ0n) is 8.49. The van der Waals surface area contributed by atoms with Crippen LogP contribution in [0.4, 0.5) is 0 Å². The van der Waals surface area contributed by atoms with E-state index < -0.39 is 0 Å². The van der Waals surface area contributed by atoms with Gasteiger partial charge < -0.3 is 0 Å². The number of aromatic amines is 1. The molecule has 3 nitrogen and oxygen atoms in total. The van der Waals surface area contributed by atoms with Gasteiger partial charge >= 0.3 is 0 Å². The number of aryl methyl sites for hydroxylation is 1. The number of rotatable bonds is 0. The van der Waals surface area contributed by atoms with Crippen LogP contribution in [0.15, 0.2) is 24.3 Å². The first-order chi connectivity index (χ1) is 7.66. The van der Waals surface area contributed by atoms with Crippen LogP contribution in [0.25, 0.3) is 16.6 Å². The summed E-state index contributed by atoms with van der Waals surface area (Å²) in [4.78, 5) is 0. The topological polar surface area (TPSA) is 33.1 Å². The Morgan fingerprint density at radius 3 is 3.00 bits per heavy atom. The lowest BCUT2D eigenvalue weighted by atomic mass is 10.1. The predicted molar refractivity (Wildman–Crippen MR) is 67.6 cm³/mol. The molecule has 0 unspecified atom stereocenters. The lowest BCUT2D eigenvalue weighted by Gasteiger charge is -2.05. The Labute approximate surface area is 102 Å². The van der Waals surface area contributed by atoms with Crippen molar-refractivity contribution in [1.82, 2.24) is 14.6 Å². The van der Waals surface area contributed by atoms with E-state index in [2.05, 4.69) is 10.2 Å². The molecule has 0 aliphatic rings. The van der Waals surface area contributed by atoms with Crippen LogP contribution < -0.4 is 0 Å². The Kier molecular flexibility index (Phi) is 2.02. The van der Waals surface area contributed by atoms with Gasteiger partial charge in [0, 0.05) is 10.4 Å². The average molecular weight is 250 g/mol. The molecule has 0 atom stereocenters. The van der Waals surface area contributed by atoms with E-state index in [1.165, 1.54) is 0 Å². The van der Waals surface area contributed by atoms with Crippen molar-refractivity contribution in [2.75, 3.05) is 0 Å². The van der Waals surface area contributed by atoms with E-state index in [9.17, 15) is 0 Å². The van der Waals surface area contributed by atoms with Gasteiger partial charge in [-0.2, -0.15) is 5.10 Å². The second kappa shape index (κ2) is 3.30. The standard InChI is InChI=1S/C11H8ClN3S/c1-6-4-10-13-14-11(16)15(10)9-3-2-7(12)5-8(6)9/h2-5H,1H3,(H,14,16). The highest BCUT2D eigenvalue weighted by Crippen LogP contribution is 2.24. The second-order valence-corrected chi connectivity index (χ2v) is 4.53. The lowest BCUT2D eigenvalue weighted by molar-refractivity contribution is 1.09. The fraction of sp³-hybridized carbons (Fsp3) is 0.0909. The normalized spacial score (nSPS) is 11.4. The monoisotopic (exact) mass is 249 g/mol. The first kappa shape index (κ1) is 9.81. The molecule has 3 aromatic rings. The maximum Gasteiger partial charge on any atom is 0.200 e. The van der Waals surface area contributed by atoms with Crippen LogP contribution in [0.1, 0.15) is 5.56 Å². The number of hydrogen-bond acceptors (Lipinski definition) is 2. The summed E-state index contributed by atoms with van der Waals surface area (Å²) in [5.74, 6) is 0. The van der Waals surface area contributed by atoms with Crippen molar-refractivity contribution in [3.05, 3.63) is 39.6 Å². The van der Waals surface area contributed by atoms with E-state index in [1.807, 2.05) is 35.6 Å². The first-order valence-electron chi connectivity index (χ1n) is 4.83. The summed E-state index contributed by atoms with van der Waals surface area (Å²) in [5, 5.41) is 8.78. The maximum absolute atomic E-state index is 6.00. The maximum atomic E-state index is 6.00. The molecule has 0 aliphatic heterocycles. The molecular weight excluding hydrogens is 242 g/mol. The van der Waals surface area contributed by atoms with Crippen LogP contribution in [-0.2, 0) is 0 Å². The van der Waals surface area contributed by atoms with Crippen LogP contribution in [0.3, 0.4) is 0 Å². The van der Waals surface area contributed by atoms with Crippen molar-refractivity contribution in [3.63, 3.8) is 0 Å². The molecule has 0 saturated heterocycles. The molecule has 3 rings (SSSR count). The highest BCUT2D eigenvalue weighted by molar-refractivity contribution is 7.71. The summed E-state index contributed by atoms with van der Waals surface area (Å²) >= 11 is 11.2. The zero-order valence-corrected chi connectivity index (χ0v) is 10.1. The van der Waals surface area contributed by atoms with Gasteiger partial charge in [0.05, 0.1) is 5.52 Å². The molecule has 0 amide bonds. The minimum atomic E-state index is 0.599. The van der Waals surface area contributed by atoms with E-state index >= 15 is 0 Å². The second-order valence-electron chi connectivity index (χ2n) is 3.71. The zero-order chi connectivity index (χ0) is 11.3. The molecule has 1 aromatic carbocycles. The van der Waals surface area contributed by atoms with E-state index in [-0.39, 0.29) is 0 Å². The third kappa shape index (κ3) is 1.27. The summed E-state index contributed by atoms with van der Waals surface area (Å²) in [5.41, 5.74) is 2.99. The van der Waals surface area contributed by atoms with Crippen LogP contribution >= 0.6 is 23.8 Å². The summed E-state index contributed by atoms with van der Waals surface area (Å²) in [6, 6.07) is 7.76. The highest BCUT2D eigenvalue weighted by Gasteiger charge is 2.06. The Bertz CT molecular complexity index is 757. The van der Waals surface area contributed by atoms with Gasteiger partial charge in [-0.05, 0) is 49.0 Å². The van der Waals surface area contributed by atoms with Crippen molar-refractivity contribution in [1.29, 1.82) is 0 Å². The third-order valence-corrected chi connectivity index (χ3v) is 3.18. The van der Waals surface area contributed by atoms with Crippen molar-refractivity contribution in [2.45, 2.75) is 6.92 Å². The number of pyridine rings is 1. The molecule has 0 bridgehead atoms. The summed E-state index contributed by atoms with van der Waals surface area (Å²) in [7, 11) is 0. The van der Waals surface area contributed by atoms with Crippen LogP contribution in [0, 0.1) is 11.7 Å². The predicted octanol–water partition coefficient (Wildman–Crippen LogP) is 3.51. The van der Waals surface area contributed by atoms with Gasteiger partial charge in [0.2, 0.25) is 0 Å². The minimum absolute atomic E-state index is 0.599. The Hall–Kier alpha value is -1.39. The fourth-order valence-electron chi connectivity index (χ4n) is 1.93. The van der Waals surface area contributed by atoms with Gasteiger partial charge in [0.15, 0.2) is 10.4 Å². The van der Waals surface area contributed by atoms with Crippen molar-refractivity contribution >= 4 is 40.4 Å². The molecule has 0 fully saturated rings. The van der Waals surface area contributed by atoms with Gasteiger partial charge in [-0.15, -0.1) is 0 Å². The van der Waals surface area contributed by atoms with Gasteiger partial charge in [-0.3, -0.25) is 9.50 Å². The molecule has 5 heteroatoms. The lowest BCUT2D eigenvalue weighted by Crippen LogP contribution is -1.91. The van der Waals surface area contributed by atoms with Crippen LogP contribution in [0.2, 0.25) is 5.02 Å². The first-order valence-corrected chi connectivity index (χ1v) is 5.61. The molecule has 0 aliphatic carbocycles. The smallest absolute Gasteiger partial charge is 0.200 e. The average Bonchev–Trinajstić information content (AvgIpc) is 2.61. The highest BCUT2D eigenvalue weighted by atomic mass is 35.5. The molecule has 80 valence electrons. The SMILES string of the molecule is Cc1cc2n[nH]c(=S)n2c2ccc(Cl)cc12. The quantitative estimate of drug-likeness (QED) is 0.619. The fourth-order valence-corrected chi connectivity index (χ4v) is 2.34. The molecule has 0 spiro atoms. The van der Waals surface area contributed by atoms with Gasteiger partial charge in [0.1, 0.15) is 0 Å². The molecule has 0 saturated carbocycles. The molecular formula is C11H8ClN3S. The Balaban J connectivity index is 2.68. The number of benzene rings is 1. The largest absolute Gasteiger partial charge is 0.268 e. The Morgan fingerprint density at radius 2 is 2.19 bits per heavy atom. The molecule has 0 radical (unpaired) electrons. The number of aromatic nitrogens is 3. The van der Waals surface area contributed by atoms with Gasteiger partial charge in [-0.1, -0.05) is 11.6 Å². The van der Waals surface area contributed by atoms with Crippen LogP contribution in [0.5, 0.6) is 0 Å². The van der Waals surface area contributed by atoms with E-state index in [0.29, 0.717) is 4.77 Å². The summed E-state index contributed by atoms with van der Waals surface area (Å²) in [6.07, 6.45) is 0. The molecule has 2 aromatic heterocycles. The van der Waals surface area contributed by atoms with E-state index in [0.717, 1.165) is 27.1 Å². The number of nitrogens with zero attached hydrogens (tertiary/aromatic N) is 2. The number of nitrogens with one attached hydrogen (secondary N) is 1. The van der Waals surface area contributed by atoms with E-state index in [4.69, 9.17) is 23.8 Å². The number of fused-ring (bicyclic) bond motifs is 3. The van der Waals surface area contributed by atoms with Crippen molar-refractivity contribution in [2.24, 2.45) is 0 Å². The third-order valence-electron chi connectivity index (χ3n) is 2.67. The molecule has 2 heterocycles.